The molecule has 21 heavy (non-hydrogen) atoms. The summed E-state index contributed by atoms with van der Waals surface area (Å²) in [5, 5.41) is 3.39. The van der Waals surface area contributed by atoms with Gasteiger partial charge in [-0.15, -0.1) is 11.8 Å². The van der Waals surface area contributed by atoms with E-state index in [1.165, 1.54) is 5.56 Å². The Bertz CT molecular complexity index is 669. The second-order valence-corrected chi connectivity index (χ2v) is 6.49. The molecule has 0 aliphatic carbocycles. The summed E-state index contributed by atoms with van der Waals surface area (Å²) in [6.07, 6.45) is 0.692. The second-order valence-electron chi connectivity index (χ2n) is 5.36. The van der Waals surface area contributed by atoms with Crippen molar-refractivity contribution in [3.63, 3.8) is 0 Å². The zero-order valence-corrected chi connectivity index (χ0v) is 12.7. The van der Waals surface area contributed by atoms with Crippen molar-refractivity contribution in [2.45, 2.75) is 23.8 Å². The summed E-state index contributed by atoms with van der Waals surface area (Å²) in [6.45, 7) is 2.04. The zero-order chi connectivity index (χ0) is 14.9. The van der Waals surface area contributed by atoms with Crippen LogP contribution in [0.1, 0.15) is 17.5 Å². The molecule has 2 aromatic rings. The molecule has 4 heteroatoms. The van der Waals surface area contributed by atoms with Gasteiger partial charge in [-0.25, -0.2) is 0 Å². The normalized spacial score (nSPS) is 20.6. The quantitative estimate of drug-likeness (QED) is 0.914. The third-order valence-corrected chi connectivity index (χ3v) is 4.99. The molecular weight excluding hydrogens is 280 g/mol. The first-order valence-electron chi connectivity index (χ1n) is 6.99. The second kappa shape index (κ2) is 5.45. The summed E-state index contributed by atoms with van der Waals surface area (Å²) in [5.41, 5.74) is 8.05. The van der Waals surface area contributed by atoms with Crippen LogP contribution < -0.4 is 11.1 Å². The van der Waals surface area contributed by atoms with Gasteiger partial charge in [0.15, 0.2) is 0 Å². The van der Waals surface area contributed by atoms with Crippen LogP contribution in [0.15, 0.2) is 53.4 Å². The van der Waals surface area contributed by atoms with Gasteiger partial charge in [0.1, 0.15) is 5.54 Å². The molecule has 0 fully saturated rings. The highest BCUT2D eigenvalue weighted by molar-refractivity contribution is 7.99. The van der Waals surface area contributed by atoms with Crippen LogP contribution >= 0.6 is 11.8 Å². The van der Waals surface area contributed by atoms with Crippen LogP contribution in [0.25, 0.3) is 0 Å². The minimum atomic E-state index is -0.822. The van der Waals surface area contributed by atoms with E-state index >= 15 is 0 Å². The molecule has 1 unspecified atom stereocenters. The van der Waals surface area contributed by atoms with Crippen molar-refractivity contribution in [2.24, 2.45) is 5.73 Å². The molecule has 3 rings (SSSR count). The Morgan fingerprint density at radius 1 is 1.19 bits per heavy atom. The smallest absolute Gasteiger partial charge is 0.247 e. The fraction of sp³-hybridized carbons (Fsp3) is 0.235. The van der Waals surface area contributed by atoms with Crippen molar-refractivity contribution < 1.29 is 4.79 Å². The predicted octanol–water partition coefficient (Wildman–Crippen LogP) is 3.28. The van der Waals surface area contributed by atoms with Crippen LogP contribution in [0.5, 0.6) is 0 Å². The Labute approximate surface area is 128 Å². The summed E-state index contributed by atoms with van der Waals surface area (Å²) in [5.74, 6) is 0.551. The average molecular weight is 298 g/mol. The van der Waals surface area contributed by atoms with Crippen LogP contribution in [0.4, 0.5) is 5.69 Å². The number of nitrogens with one attached hydrogen (secondary N) is 1. The number of amides is 1. The molecule has 0 saturated carbocycles. The third-order valence-electron chi connectivity index (χ3n) is 3.91. The van der Waals surface area contributed by atoms with E-state index in [-0.39, 0.29) is 5.91 Å². The number of thioether (sulfide) groups is 1. The molecule has 3 nitrogen and oxygen atoms in total. The van der Waals surface area contributed by atoms with Gasteiger partial charge in [0.05, 0.1) is 0 Å². The van der Waals surface area contributed by atoms with Gasteiger partial charge in [-0.1, -0.05) is 35.9 Å². The minimum absolute atomic E-state index is 0.323. The van der Waals surface area contributed by atoms with Gasteiger partial charge in [-0.2, -0.15) is 0 Å². The van der Waals surface area contributed by atoms with Gasteiger partial charge in [-0.05, 0) is 31.5 Å². The van der Waals surface area contributed by atoms with E-state index in [1.54, 1.807) is 11.8 Å². The SMILES string of the molecule is Cc1ccc(NC2(C(N)=O)CCSc3ccccc32)cc1. The minimum Gasteiger partial charge on any atom is -0.368 e. The summed E-state index contributed by atoms with van der Waals surface area (Å²) in [4.78, 5) is 13.4. The highest BCUT2D eigenvalue weighted by Crippen LogP contribution is 2.42. The molecule has 108 valence electrons. The van der Waals surface area contributed by atoms with Crippen LogP contribution in [0.2, 0.25) is 0 Å². The van der Waals surface area contributed by atoms with Gasteiger partial charge in [0, 0.05) is 21.9 Å². The largest absolute Gasteiger partial charge is 0.368 e. The number of carbonyl (C=O) groups excluding carboxylic acids is 1. The lowest BCUT2D eigenvalue weighted by Crippen LogP contribution is -2.49. The van der Waals surface area contributed by atoms with Gasteiger partial charge < -0.3 is 11.1 Å². The van der Waals surface area contributed by atoms with Crippen LogP contribution in [0.3, 0.4) is 0 Å². The predicted molar refractivity (Wildman–Crippen MR) is 87.5 cm³/mol. The summed E-state index contributed by atoms with van der Waals surface area (Å²) < 4.78 is 0. The van der Waals surface area contributed by atoms with E-state index < -0.39 is 5.54 Å². The van der Waals surface area contributed by atoms with Gasteiger partial charge >= 0.3 is 0 Å². The maximum absolute atomic E-state index is 12.3. The number of rotatable bonds is 3. The maximum Gasteiger partial charge on any atom is 0.247 e. The molecule has 3 N–H and O–H groups in total. The zero-order valence-electron chi connectivity index (χ0n) is 11.9. The monoisotopic (exact) mass is 298 g/mol. The Hall–Kier alpha value is -1.94. The number of hydrogen-bond acceptors (Lipinski definition) is 3. The van der Waals surface area contributed by atoms with Crippen LogP contribution in [0, 0.1) is 6.92 Å². The van der Waals surface area contributed by atoms with Crippen molar-refractivity contribution in [1.82, 2.24) is 0 Å². The lowest BCUT2D eigenvalue weighted by atomic mass is 9.85. The molecule has 0 spiro atoms. The number of anilines is 1. The Morgan fingerprint density at radius 3 is 2.62 bits per heavy atom. The van der Waals surface area contributed by atoms with Crippen molar-refractivity contribution in [3.05, 3.63) is 59.7 Å². The first-order valence-corrected chi connectivity index (χ1v) is 7.97. The average Bonchev–Trinajstić information content (AvgIpc) is 2.50. The van der Waals surface area contributed by atoms with E-state index in [2.05, 4.69) is 5.32 Å². The molecule has 1 amide bonds. The molecule has 0 aromatic heterocycles. The fourth-order valence-electron chi connectivity index (χ4n) is 2.72. The summed E-state index contributed by atoms with van der Waals surface area (Å²) >= 11 is 1.77. The first-order chi connectivity index (χ1) is 10.1. The first kappa shape index (κ1) is 14.0. The maximum atomic E-state index is 12.3. The van der Waals surface area contributed by atoms with Crippen LogP contribution in [-0.2, 0) is 10.3 Å². The molecule has 1 atom stereocenters. The van der Waals surface area contributed by atoms with Crippen molar-refractivity contribution in [1.29, 1.82) is 0 Å². The molecule has 0 saturated heterocycles. The molecule has 2 aromatic carbocycles. The number of hydrogen-bond donors (Lipinski definition) is 2. The highest BCUT2D eigenvalue weighted by atomic mass is 32.2. The molecule has 0 bridgehead atoms. The van der Waals surface area contributed by atoms with Gasteiger partial charge in [-0.3, -0.25) is 4.79 Å². The number of carbonyl (C=O) groups is 1. The van der Waals surface area contributed by atoms with E-state index in [9.17, 15) is 4.79 Å². The Morgan fingerprint density at radius 2 is 1.90 bits per heavy atom. The number of primary amides is 1. The molecule has 0 radical (unpaired) electrons. The van der Waals surface area contributed by atoms with Gasteiger partial charge in [0.25, 0.3) is 0 Å². The Kier molecular flexibility index (Phi) is 3.64. The van der Waals surface area contributed by atoms with Crippen molar-refractivity contribution >= 4 is 23.4 Å². The number of nitrogens with two attached hydrogens (primary N) is 1. The van der Waals surface area contributed by atoms with Crippen molar-refractivity contribution in [3.8, 4) is 0 Å². The number of benzene rings is 2. The summed E-state index contributed by atoms with van der Waals surface area (Å²) in [7, 11) is 0. The van der Waals surface area contributed by atoms with Crippen LogP contribution in [-0.4, -0.2) is 11.7 Å². The fourth-order valence-corrected chi connectivity index (χ4v) is 3.93. The lowest BCUT2D eigenvalue weighted by Gasteiger charge is -2.37. The van der Waals surface area contributed by atoms with Gasteiger partial charge in [0.2, 0.25) is 5.91 Å². The molecular formula is C17H18N2OS. The molecule has 1 aliphatic rings. The third kappa shape index (κ3) is 2.51. The van der Waals surface area contributed by atoms with Crippen molar-refractivity contribution in [2.75, 3.05) is 11.1 Å². The molecule has 1 aliphatic heterocycles. The van der Waals surface area contributed by atoms with E-state index in [4.69, 9.17) is 5.73 Å². The highest BCUT2D eigenvalue weighted by Gasteiger charge is 2.42. The standard InChI is InChI=1S/C17H18N2OS/c1-12-6-8-13(9-7-12)19-17(16(18)20)10-11-21-15-5-3-2-4-14(15)17/h2-9,19H,10-11H2,1H3,(H2,18,20). The number of fused-ring (bicyclic) bond motifs is 1. The molecule has 1 heterocycles. The van der Waals surface area contributed by atoms with E-state index in [0.29, 0.717) is 6.42 Å². The topological polar surface area (TPSA) is 55.1 Å². The summed E-state index contributed by atoms with van der Waals surface area (Å²) in [6, 6.07) is 16.0. The lowest BCUT2D eigenvalue weighted by molar-refractivity contribution is -0.122. The Balaban J connectivity index is 2.05. The van der Waals surface area contributed by atoms with E-state index in [1.807, 2.05) is 55.5 Å². The number of aryl methyl sites for hydroxylation is 1. The van der Waals surface area contributed by atoms with E-state index in [0.717, 1.165) is 21.9 Å².